The van der Waals surface area contributed by atoms with Gasteiger partial charge in [0.2, 0.25) is 0 Å². The molecule has 2 unspecified atom stereocenters. The monoisotopic (exact) mass is 276 g/mol. The molecule has 3 heteroatoms. The van der Waals surface area contributed by atoms with Gasteiger partial charge in [0.25, 0.3) is 0 Å². The Bertz CT molecular complexity index is 433. The summed E-state index contributed by atoms with van der Waals surface area (Å²) < 4.78 is 5.52. The van der Waals surface area contributed by atoms with Crippen LogP contribution in [0.15, 0.2) is 18.2 Å². The summed E-state index contributed by atoms with van der Waals surface area (Å²) in [5.74, 6) is 0. The van der Waals surface area contributed by atoms with Crippen molar-refractivity contribution in [3.05, 3.63) is 29.3 Å². The largest absolute Gasteiger partial charge is 0.380 e. The highest BCUT2D eigenvalue weighted by Crippen LogP contribution is 2.26. The lowest BCUT2D eigenvalue weighted by Gasteiger charge is -2.34. The van der Waals surface area contributed by atoms with Crippen LogP contribution in [-0.2, 0) is 11.2 Å². The molecule has 0 aliphatic carbocycles. The average Bonchev–Trinajstić information content (AvgIpc) is 2.47. The highest BCUT2D eigenvalue weighted by Gasteiger charge is 2.20. The standard InChI is InChI=1S/C17H28N2O/c1-4-15(18)11-14-7-8-17(13(2)10-14)19-9-5-6-16(12-19)20-3/h7-8,10,15-16H,4-6,9,11-12,18H2,1-3H3. The van der Waals surface area contributed by atoms with E-state index in [0.29, 0.717) is 6.10 Å². The predicted octanol–water partition coefficient (Wildman–Crippen LogP) is 2.89. The number of methoxy groups -OCH3 is 1. The zero-order chi connectivity index (χ0) is 14.5. The van der Waals surface area contributed by atoms with Crippen LogP contribution >= 0.6 is 0 Å². The Labute approximate surface area is 123 Å². The Morgan fingerprint density at radius 1 is 1.45 bits per heavy atom. The van der Waals surface area contributed by atoms with Gasteiger partial charge in [0, 0.05) is 31.9 Å². The average molecular weight is 276 g/mol. The third kappa shape index (κ3) is 3.74. The molecule has 1 saturated heterocycles. The Morgan fingerprint density at radius 2 is 2.25 bits per heavy atom. The first-order valence-electron chi connectivity index (χ1n) is 7.77. The first-order chi connectivity index (χ1) is 9.63. The first-order valence-corrected chi connectivity index (χ1v) is 7.77. The van der Waals surface area contributed by atoms with Crippen molar-refractivity contribution in [2.24, 2.45) is 5.73 Å². The molecule has 3 nitrogen and oxygen atoms in total. The fourth-order valence-corrected chi connectivity index (χ4v) is 3.00. The van der Waals surface area contributed by atoms with Crippen molar-refractivity contribution in [2.45, 2.75) is 51.7 Å². The number of ether oxygens (including phenoxy) is 1. The second-order valence-electron chi connectivity index (χ2n) is 5.94. The van der Waals surface area contributed by atoms with E-state index in [1.54, 1.807) is 0 Å². The van der Waals surface area contributed by atoms with E-state index in [1.165, 1.54) is 29.7 Å². The molecule has 0 amide bonds. The Morgan fingerprint density at radius 3 is 2.90 bits per heavy atom. The fourth-order valence-electron chi connectivity index (χ4n) is 3.00. The summed E-state index contributed by atoms with van der Waals surface area (Å²) in [6.07, 6.45) is 4.76. The molecule has 0 aromatic heterocycles. The third-order valence-electron chi connectivity index (χ3n) is 4.34. The number of hydrogen-bond acceptors (Lipinski definition) is 3. The molecule has 2 rings (SSSR count). The lowest BCUT2D eigenvalue weighted by atomic mass is 10.00. The minimum absolute atomic E-state index is 0.271. The number of rotatable bonds is 5. The van der Waals surface area contributed by atoms with Gasteiger partial charge in [-0.1, -0.05) is 19.1 Å². The van der Waals surface area contributed by atoms with Gasteiger partial charge in [0.15, 0.2) is 0 Å². The molecule has 112 valence electrons. The molecule has 1 heterocycles. The molecule has 2 atom stereocenters. The maximum absolute atomic E-state index is 6.05. The molecule has 1 aliphatic heterocycles. The third-order valence-corrected chi connectivity index (χ3v) is 4.34. The number of nitrogens with two attached hydrogens (primary N) is 1. The fraction of sp³-hybridized carbons (Fsp3) is 0.647. The van der Waals surface area contributed by atoms with E-state index in [0.717, 1.165) is 25.9 Å². The van der Waals surface area contributed by atoms with Gasteiger partial charge in [-0.25, -0.2) is 0 Å². The van der Waals surface area contributed by atoms with E-state index in [1.807, 2.05) is 7.11 Å². The topological polar surface area (TPSA) is 38.5 Å². The van der Waals surface area contributed by atoms with Gasteiger partial charge in [-0.3, -0.25) is 0 Å². The van der Waals surface area contributed by atoms with E-state index < -0.39 is 0 Å². The van der Waals surface area contributed by atoms with Gasteiger partial charge in [-0.15, -0.1) is 0 Å². The number of nitrogens with zero attached hydrogens (tertiary/aromatic N) is 1. The molecule has 2 N–H and O–H groups in total. The van der Waals surface area contributed by atoms with E-state index in [4.69, 9.17) is 10.5 Å². The summed E-state index contributed by atoms with van der Waals surface area (Å²) in [6, 6.07) is 7.05. The van der Waals surface area contributed by atoms with Crippen LogP contribution < -0.4 is 10.6 Å². The van der Waals surface area contributed by atoms with Gasteiger partial charge >= 0.3 is 0 Å². The molecule has 1 aliphatic rings. The molecule has 20 heavy (non-hydrogen) atoms. The molecule has 0 radical (unpaired) electrons. The van der Waals surface area contributed by atoms with Crippen LogP contribution in [0.2, 0.25) is 0 Å². The summed E-state index contributed by atoms with van der Waals surface area (Å²) in [5.41, 5.74) is 10.1. The number of benzene rings is 1. The van der Waals surface area contributed by atoms with E-state index in [9.17, 15) is 0 Å². The van der Waals surface area contributed by atoms with Crippen LogP contribution in [-0.4, -0.2) is 32.3 Å². The molecule has 1 aromatic rings. The van der Waals surface area contributed by atoms with Crippen LogP contribution in [0, 0.1) is 6.92 Å². The Balaban J connectivity index is 2.09. The normalized spacial score (nSPS) is 21.0. The van der Waals surface area contributed by atoms with Gasteiger partial charge in [-0.2, -0.15) is 0 Å². The van der Waals surface area contributed by atoms with Crippen molar-refractivity contribution >= 4 is 5.69 Å². The van der Waals surface area contributed by atoms with Crippen molar-refractivity contribution in [1.82, 2.24) is 0 Å². The van der Waals surface area contributed by atoms with Crippen LogP contribution in [0.3, 0.4) is 0 Å². The predicted molar refractivity (Wildman–Crippen MR) is 85.4 cm³/mol. The van der Waals surface area contributed by atoms with E-state index >= 15 is 0 Å². The number of anilines is 1. The van der Waals surface area contributed by atoms with Gasteiger partial charge in [0.05, 0.1) is 6.10 Å². The van der Waals surface area contributed by atoms with Crippen LogP contribution in [0.1, 0.15) is 37.3 Å². The second kappa shape index (κ2) is 7.09. The highest BCUT2D eigenvalue weighted by molar-refractivity contribution is 5.55. The van der Waals surface area contributed by atoms with Gasteiger partial charge in [0.1, 0.15) is 0 Å². The highest BCUT2D eigenvalue weighted by atomic mass is 16.5. The summed E-state index contributed by atoms with van der Waals surface area (Å²) in [6.45, 7) is 6.48. The molecule has 0 saturated carbocycles. The Kier molecular flexibility index (Phi) is 5.44. The van der Waals surface area contributed by atoms with Crippen molar-refractivity contribution in [3.63, 3.8) is 0 Å². The first kappa shape index (κ1) is 15.3. The van der Waals surface area contributed by atoms with Gasteiger partial charge < -0.3 is 15.4 Å². The number of piperidine rings is 1. The zero-order valence-corrected chi connectivity index (χ0v) is 13.1. The molecular weight excluding hydrogens is 248 g/mol. The van der Waals surface area contributed by atoms with Crippen LogP contribution in [0.5, 0.6) is 0 Å². The minimum atomic E-state index is 0.271. The maximum atomic E-state index is 6.05. The molecule has 0 spiro atoms. The van der Waals surface area contributed by atoms with Crippen LogP contribution in [0.25, 0.3) is 0 Å². The van der Waals surface area contributed by atoms with Crippen molar-refractivity contribution in [1.29, 1.82) is 0 Å². The van der Waals surface area contributed by atoms with Crippen molar-refractivity contribution < 1.29 is 4.74 Å². The van der Waals surface area contributed by atoms with Crippen molar-refractivity contribution in [3.8, 4) is 0 Å². The number of aryl methyl sites for hydroxylation is 1. The SMILES string of the molecule is CCC(N)Cc1ccc(N2CCCC(OC)C2)c(C)c1. The van der Waals surface area contributed by atoms with Crippen molar-refractivity contribution in [2.75, 3.05) is 25.1 Å². The quantitative estimate of drug-likeness (QED) is 0.898. The summed E-state index contributed by atoms with van der Waals surface area (Å²) in [7, 11) is 1.82. The Hall–Kier alpha value is -1.06. The zero-order valence-electron chi connectivity index (χ0n) is 13.1. The summed E-state index contributed by atoms with van der Waals surface area (Å²) >= 11 is 0. The lowest BCUT2D eigenvalue weighted by molar-refractivity contribution is 0.0893. The van der Waals surface area contributed by atoms with Gasteiger partial charge in [-0.05, 0) is 49.8 Å². The van der Waals surface area contributed by atoms with E-state index in [-0.39, 0.29) is 6.04 Å². The molecular formula is C17H28N2O. The molecule has 1 aromatic carbocycles. The second-order valence-corrected chi connectivity index (χ2v) is 5.94. The lowest BCUT2D eigenvalue weighted by Crippen LogP contribution is -2.39. The summed E-state index contributed by atoms with van der Waals surface area (Å²) in [5, 5.41) is 0. The summed E-state index contributed by atoms with van der Waals surface area (Å²) in [4.78, 5) is 2.45. The van der Waals surface area contributed by atoms with Crippen LogP contribution in [0.4, 0.5) is 5.69 Å². The van der Waals surface area contributed by atoms with E-state index in [2.05, 4.69) is 36.9 Å². The molecule has 0 bridgehead atoms. The number of hydrogen-bond donors (Lipinski definition) is 1. The minimum Gasteiger partial charge on any atom is -0.380 e. The smallest absolute Gasteiger partial charge is 0.0746 e. The maximum Gasteiger partial charge on any atom is 0.0746 e. The molecule has 1 fully saturated rings.